The van der Waals surface area contributed by atoms with Gasteiger partial charge in [-0.15, -0.1) is 0 Å². The van der Waals surface area contributed by atoms with Crippen molar-refractivity contribution >= 4 is 32.8 Å². The molecule has 1 N–H and O–H groups in total. The molecule has 4 heterocycles. The van der Waals surface area contributed by atoms with Crippen LogP contribution in [-0.4, -0.2) is 36.5 Å². The summed E-state index contributed by atoms with van der Waals surface area (Å²) in [4.78, 5) is 14.8. The van der Waals surface area contributed by atoms with Crippen molar-refractivity contribution in [2.45, 2.75) is 26.3 Å². The van der Waals surface area contributed by atoms with Gasteiger partial charge in [0.05, 0.1) is 0 Å². The number of halogens is 1. The van der Waals surface area contributed by atoms with Crippen LogP contribution in [0.5, 0.6) is 0 Å². The molecule has 5 heteroatoms. The van der Waals surface area contributed by atoms with Crippen LogP contribution in [0.1, 0.15) is 30.8 Å². The first-order valence-corrected chi connectivity index (χ1v) is 8.21. The molecule has 4 nitrogen and oxygen atoms in total. The average Bonchev–Trinajstić information content (AvgIpc) is 2.91. The average molecular weight is 365 g/mol. The fourth-order valence-corrected chi connectivity index (χ4v) is 3.87. The molecule has 1 aromatic heterocycles. The number of carbonyl (C=O) groups excluding carboxylic acids is 1. The molecule has 3 fully saturated rings. The Bertz CT molecular complexity index is 689. The monoisotopic (exact) mass is 364 g/mol. The third-order valence-electron chi connectivity index (χ3n) is 4.67. The molecule has 3 saturated heterocycles. The Labute approximate surface area is 139 Å². The first-order valence-electron chi connectivity index (χ1n) is 7.41. The quantitative estimate of drug-likeness (QED) is 0.884. The number of nitrogens with one attached hydrogen (secondary N) is 1. The highest BCUT2D eigenvalue weighted by Gasteiger charge is 2.35. The van der Waals surface area contributed by atoms with E-state index in [2.05, 4.69) is 26.1 Å². The van der Waals surface area contributed by atoms with Gasteiger partial charge in [-0.25, -0.2) is 0 Å². The molecule has 1 amide bonds. The van der Waals surface area contributed by atoms with Crippen molar-refractivity contribution in [3.05, 3.63) is 34.5 Å². The van der Waals surface area contributed by atoms with Crippen molar-refractivity contribution in [3.63, 3.8) is 0 Å². The van der Waals surface area contributed by atoms with Gasteiger partial charge in [0, 0.05) is 22.4 Å². The van der Waals surface area contributed by atoms with Gasteiger partial charge in [0.25, 0.3) is 5.91 Å². The van der Waals surface area contributed by atoms with E-state index in [0.717, 1.165) is 22.0 Å². The standard InChI is InChI=1S/C16H17BrN2O2.CH4/c17-12-1-2-14-11(7-12)8-15(21-14)16(20)18-13-9-19-5-3-10(13)4-6-19;/h1-2,7-8,10,13H,3-6,9H2,(H,18,20);1H4/t13-;/m0./s1. The second kappa shape index (κ2) is 6.05. The summed E-state index contributed by atoms with van der Waals surface area (Å²) in [6.07, 6.45) is 2.38. The van der Waals surface area contributed by atoms with Crippen LogP contribution in [-0.2, 0) is 0 Å². The first kappa shape index (κ1) is 15.6. The number of carbonyl (C=O) groups is 1. The van der Waals surface area contributed by atoms with E-state index in [1.807, 2.05) is 24.3 Å². The lowest BCUT2D eigenvalue weighted by molar-refractivity contribution is 0.0607. The van der Waals surface area contributed by atoms with E-state index in [1.165, 1.54) is 25.9 Å². The number of piperidine rings is 3. The van der Waals surface area contributed by atoms with Crippen molar-refractivity contribution in [1.82, 2.24) is 10.2 Å². The summed E-state index contributed by atoms with van der Waals surface area (Å²) in [5.41, 5.74) is 0.747. The van der Waals surface area contributed by atoms with Gasteiger partial charge >= 0.3 is 0 Å². The van der Waals surface area contributed by atoms with Crippen molar-refractivity contribution < 1.29 is 9.21 Å². The molecule has 3 aliphatic rings. The SMILES string of the molecule is C.O=C(N[C@H]1CN2CCC1CC2)c1cc2cc(Br)ccc2o1. The first-order chi connectivity index (χ1) is 10.2. The van der Waals surface area contributed by atoms with Gasteiger partial charge in [-0.2, -0.15) is 0 Å². The van der Waals surface area contributed by atoms with Gasteiger partial charge in [-0.3, -0.25) is 4.79 Å². The van der Waals surface area contributed by atoms with Gasteiger partial charge in [0.1, 0.15) is 5.58 Å². The molecule has 2 bridgehead atoms. The number of rotatable bonds is 2. The Morgan fingerprint density at radius 2 is 2.05 bits per heavy atom. The summed E-state index contributed by atoms with van der Waals surface area (Å²) in [5, 5.41) is 4.10. The molecule has 0 radical (unpaired) electrons. The van der Waals surface area contributed by atoms with Gasteiger partial charge < -0.3 is 14.6 Å². The van der Waals surface area contributed by atoms with Crippen LogP contribution in [0.15, 0.2) is 33.2 Å². The van der Waals surface area contributed by atoms with Crippen molar-refractivity contribution in [1.29, 1.82) is 0 Å². The van der Waals surface area contributed by atoms with Crippen LogP contribution < -0.4 is 5.32 Å². The molecule has 3 aliphatic heterocycles. The Balaban J connectivity index is 0.00000144. The van der Waals surface area contributed by atoms with E-state index in [9.17, 15) is 4.79 Å². The molecule has 1 aromatic carbocycles. The number of furan rings is 1. The summed E-state index contributed by atoms with van der Waals surface area (Å²) >= 11 is 3.43. The number of fused-ring (bicyclic) bond motifs is 4. The number of amides is 1. The van der Waals surface area contributed by atoms with Gasteiger partial charge in [0.15, 0.2) is 5.76 Å². The van der Waals surface area contributed by atoms with E-state index < -0.39 is 0 Å². The van der Waals surface area contributed by atoms with Crippen molar-refractivity contribution in [2.24, 2.45) is 5.92 Å². The van der Waals surface area contributed by atoms with Crippen LogP contribution in [0.4, 0.5) is 0 Å². The van der Waals surface area contributed by atoms with Gasteiger partial charge in [-0.05, 0) is 56.1 Å². The molecule has 0 aliphatic carbocycles. The second-order valence-corrected chi connectivity index (χ2v) is 6.93. The molecule has 22 heavy (non-hydrogen) atoms. The molecule has 1 atom stereocenters. The summed E-state index contributed by atoms with van der Waals surface area (Å²) in [5.74, 6) is 0.929. The minimum atomic E-state index is -0.0962. The van der Waals surface area contributed by atoms with Crippen molar-refractivity contribution in [3.8, 4) is 0 Å². The molecule has 0 unspecified atom stereocenters. The maximum atomic E-state index is 12.4. The number of hydrogen-bond acceptors (Lipinski definition) is 3. The third-order valence-corrected chi connectivity index (χ3v) is 5.17. The largest absolute Gasteiger partial charge is 0.451 e. The summed E-state index contributed by atoms with van der Waals surface area (Å²) < 4.78 is 6.65. The summed E-state index contributed by atoms with van der Waals surface area (Å²) in [7, 11) is 0. The number of benzene rings is 1. The predicted molar refractivity (Wildman–Crippen MR) is 91.1 cm³/mol. The third kappa shape index (κ3) is 2.79. The Morgan fingerprint density at radius 3 is 2.73 bits per heavy atom. The highest BCUT2D eigenvalue weighted by molar-refractivity contribution is 9.10. The van der Waals surface area contributed by atoms with Crippen LogP contribution >= 0.6 is 15.9 Å². The lowest BCUT2D eigenvalue weighted by atomic mass is 9.84. The Hall–Kier alpha value is -1.33. The highest BCUT2D eigenvalue weighted by Crippen LogP contribution is 2.28. The maximum absolute atomic E-state index is 12.4. The number of nitrogens with zero attached hydrogens (tertiary/aromatic N) is 1. The molecule has 0 saturated carbocycles. The van der Waals surface area contributed by atoms with Crippen molar-refractivity contribution in [2.75, 3.05) is 19.6 Å². The van der Waals surface area contributed by atoms with Crippen LogP contribution in [0.3, 0.4) is 0 Å². The summed E-state index contributed by atoms with van der Waals surface area (Å²) in [6, 6.07) is 7.84. The Kier molecular flexibility index (Phi) is 4.28. The molecule has 5 rings (SSSR count). The van der Waals surface area contributed by atoms with Gasteiger partial charge in [0.2, 0.25) is 0 Å². The normalized spacial score (nSPS) is 26.7. The lowest BCUT2D eigenvalue weighted by Gasteiger charge is -2.44. The second-order valence-electron chi connectivity index (χ2n) is 6.01. The van der Waals surface area contributed by atoms with Crippen LogP contribution in [0.2, 0.25) is 0 Å². The Morgan fingerprint density at radius 1 is 1.27 bits per heavy atom. The van der Waals surface area contributed by atoms with E-state index in [4.69, 9.17) is 4.42 Å². The fourth-order valence-electron chi connectivity index (χ4n) is 3.49. The van der Waals surface area contributed by atoms with Gasteiger partial charge in [-0.1, -0.05) is 23.4 Å². The van der Waals surface area contributed by atoms with E-state index >= 15 is 0 Å². The molecule has 118 valence electrons. The lowest BCUT2D eigenvalue weighted by Crippen LogP contribution is -2.57. The molecule has 2 aromatic rings. The molecular formula is C17H21BrN2O2. The van der Waals surface area contributed by atoms with Crippen LogP contribution in [0.25, 0.3) is 11.0 Å². The topological polar surface area (TPSA) is 45.5 Å². The van der Waals surface area contributed by atoms with E-state index in [1.54, 1.807) is 0 Å². The number of hydrogen-bond donors (Lipinski definition) is 1. The van der Waals surface area contributed by atoms with E-state index in [0.29, 0.717) is 11.7 Å². The zero-order valence-corrected chi connectivity index (χ0v) is 13.2. The fraction of sp³-hybridized carbons (Fsp3) is 0.471. The smallest absolute Gasteiger partial charge is 0.287 e. The zero-order valence-electron chi connectivity index (χ0n) is 11.6. The van der Waals surface area contributed by atoms with E-state index in [-0.39, 0.29) is 19.4 Å². The zero-order chi connectivity index (χ0) is 14.4. The maximum Gasteiger partial charge on any atom is 0.287 e. The molecule has 0 spiro atoms. The minimum absolute atomic E-state index is 0. The summed E-state index contributed by atoms with van der Waals surface area (Å²) in [6.45, 7) is 3.33. The minimum Gasteiger partial charge on any atom is -0.451 e. The highest BCUT2D eigenvalue weighted by atomic mass is 79.9. The van der Waals surface area contributed by atoms with Crippen LogP contribution in [0, 0.1) is 5.92 Å². The molecular weight excluding hydrogens is 344 g/mol. The predicted octanol–water partition coefficient (Wildman–Crippen LogP) is 3.66.